The highest BCUT2D eigenvalue weighted by Gasteiger charge is 2.62. The quantitative estimate of drug-likeness (QED) is 0.502. The molecule has 0 bridgehead atoms. The van der Waals surface area contributed by atoms with E-state index in [-0.39, 0.29) is 12.1 Å². The van der Waals surface area contributed by atoms with Crippen molar-refractivity contribution >= 4 is 16.9 Å². The standard InChI is InChI=1S/C22H23N7O2/c1-12-5-4-6-14(7-12)29-8-15-17(13(29)2)18(15)20-25-16(31-26-20)9-28-11-24-21-19(22(28)30)27(3)10-23-21/h4-7,10-11,13,15,17-18H,8-9H2,1-3H3. The van der Waals surface area contributed by atoms with Gasteiger partial charge >= 0.3 is 0 Å². The van der Waals surface area contributed by atoms with Crippen LogP contribution in [0.15, 0.2) is 46.2 Å². The Labute approximate surface area is 178 Å². The third kappa shape index (κ3) is 2.79. The molecule has 1 aliphatic heterocycles. The minimum absolute atomic E-state index is 0.171. The van der Waals surface area contributed by atoms with Crippen LogP contribution in [0.4, 0.5) is 5.69 Å². The van der Waals surface area contributed by atoms with Crippen LogP contribution >= 0.6 is 0 Å². The van der Waals surface area contributed by atoms with Crippen molar-refractivity contribution in [1.29, 1.82) is 0 Å². The van der Waals surface area contributed by atoms with Gasteiger partial charge in [0.2, 0.25) is 5.89 Å². The molecule has 0 radical (unpaired) electrons. The fourth-order valence-electron chi connectivity index (χ4n) is 5.20. The average molecular weight is 417 g/mol. The number of imidazole rings is 1. The van der Waals surface area contributed by atoms with Crippen molar-refractivity contribution in [2.45, 2.75) is 32.4 Å². The summed E-state index contributed by atoms with van der Waals surface area (Å²) in [6.07, 6.45) is 3.07. The zero-order valence-corrected chi connectivity index (χ0v) is 17.6. The Morgan fingerprint density at radius 3 is 2.84 bits per heavy atom. The lowest BCUT2D eigenvalue weighted by molar-refractivity contribution is 0.363. The third-order valence-corrected chi connectivity index (χ3v) is 6.81. The van der Waals surface area contributed by atoms with Gasteiger partial charge in [0, 0.05) is 31.2 Å². The fourth-order valence-corrected chi connectivity index (χ4v) is 5.20. The molecule has 3 aromatic heterocycles. The van der Waals surface area contributed by atoms with Crippen LogP contribution in [0.3, 0.4) is 0 Å². The normalized spacial score (nSPS) is 24.7. The molecule has 4 aromatic rings. The Hall–Kier alpha value is -3.49. The molecule has 1 saturated heterocycles. The van der Waals surface area contributed by atoms with E-state index in [4.69, 9.17) is 4.52 Å². The van der Waals surface area contributed by atoms with Gasteiger partial charge in [0.05, 0.1) is 6.33 Å². The summed E-state index contributed by atoms with van der Waals surface area (Å²) in [5.41, 5.74) is 3.29. The minimum Gasteiger partial charge on any atom is -0.368 e. The number of aromatic nitrogens is 6. The van der Waals surface area contributed by atoms with Crippen molar-refractivity contribution in [1.82, 2.24) is 29.2 Å². The summed E-state index contributed by atoms with van der Waals surface area (Å²) in [5, 5.41) is 4.24. The van der Waals surface area contributed by atoms with E-state index in [1.807, 2.05) is 0 Å². The first-order valence-electron chi connectivity index (χ1n) is 10.5. The van der Waals surface area contributed by atoms with Crippen LogP contribution in [-0.2, 0) is 13.6 Å². The molecular weight excluding hydrogens is 394 g/mol. The van der Waals surface area contributed by atoms with Gasteiger partial charge in [-0.2, -0.15) is 4.98 Å². The SMILES string of the molecule is Cc1cccc(N2CC3C(c4noc(Cn5cnc6ncn(C)c6c5=O)n4)C3C2C)c1. The number of rotatable bonds is 4. The first-order valence-corrected chi connectivity index (χ1v) is 10.5. The Balaban J connectivity index is 1.19. The number of hydrogen-bond acceptors (Lipinski definition) is 7. The summed E-state index contributed by atoms with van der Waals surface area (Å²) in [4.78, 5) is 28.2. The van der Waals surface area contributed by atoms with E-state index in [1.165, 1.54) is 22.1 Å². The Morgan fingerprint density at radius 1 is 1.23 bits per heavy atom. The molecule has 1 aromatic carbocycles. The lowest BCUT2D eigenvalue weighted by atomic mass is 10.1. The molecule has 31 heavy (non-hydrogen) atoms. The van der Waals surface area contributed by atoms with Crippen LogP contribution in [-0.4, -0.2) is 41.8 Å². The zero-order valence-electron chi connectivity index (χ0n) is 17.6. The number of piperidine rings is 1. The molecule has 158 valence electrons. The number of fused-ring (bicyclic) bond motifs is 2. The van der Waals surface area contributed by atoms with Crippen molar-refractivity contribution in [2.24, 2.45) is 18.9 Å². The van der Waals surface area contributed by atoms with Crippen molar-refractivity contribution in [3.63, 3.8) is 0 Å². The van der Waals surface area contributed by atoms with Gasteiger partial charge in [0.25, 0.3) is 5.56 Å². The van der Waals surface area contributed by atoms with Gasteiger partial charge in [-0.15, -0.1) is 0 Å². The van der Waals surface area contributed by atoms with Crippen LogP contribution in [0.2, 0.25) is 0 Å². The molecule has 4 unspecified atom stereocenters. The van der Waals surface area contributed by atoms with Crippen LogP contribution in [0.1, 0.15) is 30.1 Å². The molecule has 0 N–H and O–H groups in total. The predicted molar refractivity (Wildman–Crippen MR) is 114 cm³/mol. The largest absolute Gasteiger partial charge is 0.368 e. The summed E-state index contributed by atoms with van der Waals surface area (Å²) in [7, 11) is 1.78. The highest BCUT2D eigenvalue weighted by atomic mass is 16.5. The summed E-state index contributed by atoms with van der Waals surface area (Å²) in [6.45, 7) is 5.61. The van der Waals surface area contributed by atoms with Crippen molar-refractivity contribution in [3.8, 4) is 0 Å². The molecule has 9 heteroatoms. The summed E-state index contributed by atoms with van der Waals surface area (Å²) in [5.74, 6) is 2.57. The first-order chi connectivity index (χ1) is 15.0. The molecule has 4 heterocycles. The van der Waals surface area contributed by atoms with Crippen LogP contribution in [0, 0.1) is 18.8 Å². The first kappa shape index (κ1) is 18.3. The number of anilines is 1. The molecule has 0 spiro atoms. The molecule has 0 amide bonds. The van der Waals surface area contributed by atoms with E-state index in [0.717, 1.165) is 12.4 Å². The topological polar surface area (TPSA) is 94.9 Å². The maximum absolute atomic E-state index is 12.7. The number of hydrogen-bond donors (Lipinski definition) is 0. The lowest BCUT2D eigenvalue weighted by Crippen LogP contribution is -2.32. The van der Waals surface area contributed by atoms with Crippen LogP contribution < -0.4 is 10.5 Å². The molecule has 4 atom stereocenters. The number of aryl methyl sites for hydroxylation is 2. The fraction of sp³-hybridized carbons (Fsp3) is 0.409. The maximum atomic E-state index is 12.7. The third-order valence-electron chi connectivity index (χ3n) is 6.81. The Bertz CT molecular complexity index is 1350. The van der Waals surface area contributed by atoms with Crippen molar-refractivity contribution in [3.05, 3.63) is 64.6 Å². The van der Waals surface area contributed by atoms with Gasteiger partial charge in [0.15, 0.2) is 17.0 Å². The van der Waals surface area contributed by atoms with E-state index >= 15 is 0 Å². The van der Waals surface area contributed by atoms with E-state index in [1.54, 1.807) is 17.9 Å². The minimum atomic E-state index is -0.171. The van der Waals surface area contributed by atoms with E-state index in [2.05, 4.69) is 63.1 Å². The van der Waals surface area contributed by atoms with E-state index in [9.17, 15) is 4.79 Å². The van der Waals surface area contributed by atoms with Crippen molar-refractivity contribution in [2.75, 3.05) is 11.4 Å². The summed E-state index contributed by atoms with van der Waals surface area (Å²) < 4.78 is 8.65. The van der Waals surface area contributed by atoms with E-state index < -0.39 is 0 Å². The van der Waals surface area contributed by atoms with Gasteiger partial charge in [-0.3, -0.25) is 9.36 Å². The van der Waals surface area contributed by atoms with Crippen molar-refractivity contribution < 1.29 is 4.52 Å². The molecule has 2 aliphatic rings. The van der Waals surface area contributed by atoms with E-state index in [0.29, 0.717) is 40.9 Å². The van der Waals surface area contributed by atoms with Gasteiger partial charge in [-0.25, -0.2) is 9.97 Å². The molecule has 1 aliphatic carbocycles. The lowest BCUT2D eigenvalue weighted by Gasteiger charge is -2.28. The van der Waals surface area contributed by atoms with Gasteiger partial charge in [-0.05, 0) is 43.4 Å². The molecular formula is C22H23N7O2. The number of nitrogens with zero attached hydrogens (tertiary/aromatic N) is 7. The van der Waals surface area contributed by atoms with Crippen LogP contribution in [0.5, 0.6) is 0 Å². The second-order valence-corrected chi connectivity index (χ2v) is 8.75. The second kappa shape index (κ2) is 6.50. The predicted octanol–water partition coefficient (Wildman–Crippen LogP) is 2.11. The monoisotopic (exact) mass is 417 g/mol. The van der Waals surface area contributed by atoms with Gasteiger partial charge < -0.3 is 14.0 Å². The van der Waals surface area contributed by atoms with Crippen LogP contribution in [0.25, 0.3) is 11.2 Å². The zero-order chi connectivity index (χ0) is 21.3. The number of benzene rings is 1. The maximum Gasteiger partial charge on any atom is 0.280 e. The Kier molecular flexibility index (Phi) is 3.84. The average Bonchev–Trinajstić information content (AvgIpc) is 3.04. The smallest absolute Gasteiger partial charge is 0.280 e. The summed E-state index contributed by atoms with van der Waals surface area (Å²) in [6, 6.07) is 9.09. The Morgan fingerprint density at radius 2 is 2.06 bits per heavy atom. The highest BCUT2D eigenvalue weighted by Crippen LogP contribution is 2.61. The van der Waals surface area contributed by atoms with Gasteiger partial charge in [-0.1, -0.05) is 17.3 Å². The summed E-state index contributed by atoms with van der Waals surface area (Å²) >= 11 is 0. The molecule has 9 nitrogen and oxygen atoms in total. The molecule has 1 saturated carbocycles. The second-order valence-electron chi connectivity index (χ2n) is 8.75. The molecule has 2 fully saturated rings. The van der Waals surface area contributed by atoms with Gasteiger partial charge in [0.1, 0.15) is 12.9 Å². The highest BCUT2D eigenvalue weighted by molar-refractivity contribution is 5.68. The molecule has 6 rings (SSSR count).